The Morgan fingerprint density at radius 2 is 1.62 bits per heavy atom. The summed E-state index contributed by atoms with van der Waals surface area (Å²) in [5, 5.41) is 0. The molecule has 2 heteroatoms. The number of benzene rings is 1. The SMILES string of the molecule is CC(C)CC(C)OCc1ccc(CN)cc1. The van der Waals surface area contributed by atoms with E-state index in [0.29, 0.717) is 25.2 Å². The summed E-state index contributed by atoms with van der Waals surface area (Å²) >= 11 is 0. The zero-order valence-corrected chi connectivity index (χ0v) is 10.6. The minimum atomic E-state index is 0.328. The highest BCUT2D eigenvalue weighted by Crippen LogP contribution is 2.11. The van der Waals surface area contributed by atoms with Crippen LogP contribution in [0.15, 0.2) is 24.3 Å². The van der Waals surface area contributed by atoms with Crippen LogP contribution in [-0.4, -0.2) is 6.10 Å². The van der Waals surface area contributed by atoms with Crippen LogP contribution in [0.3, 0.4) is 0 Å². The first-order valence-electron chi connectivity index (χ1n) is 6.01. The van der Waals surface area contributed by atoms with Crippen molar-refractivity contribution in [3.05, 3.63) is 35.4 Å². The molecule has 0 aliphatic carbocycles. The molecule has 0 fully saturated rings. The van der Waals surface area contributed by atoms with Crippen molar-refractivity contribution in [2.45, 2.75) is 46.4 Å². The zero-order valence-electron chi connectivity index (χ0n) is 10.6. The molecule has 0 spiro atoms. The Morgan fingerprint density at radius 1 is 1.06 bits per heavy atom. The van der Waals surface area contributed by atoms with E-state index in [0.717, 1.165) is 6.42 Å². The molecule has 2 N–H and O–H groups in total. The Labute approximate surface area is 98.8 Å². The van der Waals surface area contributed by atoms with Gasteiger partial charge in [0.1, 0.15) is 0 Å². The maximum Gasteiger partial charge on any atom is 0.0720 e. The molecule has 1 unspecified atom stereocenters. The maximum atomic E-state index is 5.78. The fraction of sp³-hybridized carbons (Fsp3) is 0.571. The van der Waals surface area contributed by atoms with Crippen LogP contribution in [0.4, 0.5) is 0 Å². The molecule has 0 saturated carbocycles. The summed E-state index contributed by atoms with van der Waals surface area (Å²) in [6.07, 6.45) is 1.44. The zero-order chi connectivity index (χ0) is 12.0. The van der Waals surface area contributed by atoms with Crippen molar-refractivity contribution in [2.75, 3.05) is 0 Å². The molecule has 0 heterocycles. The second-order valence-corrected chi connectivity index (χ2v) is 4.77. The first-order chi connectivity index (χ1) is 7.61. The highest BCUT2D eigenvalue weighted by atomic mass is 16.5. The van der Waals surface area contributed by atoms with E-state index in [1.165, 1.54) is 11.1 Å². The van der Waals surface area contributed by atoms with Gasteiger partial charge in [-0.15, -0.1) is 0 Å². The summed E-state index contributed by atoms with van der Waals surface area (Å²) in [7, 11) is 0. The number of hydrogen-bond donors (Lipinski definition) is 1. The quantitative estimate of drug-likeness (QED) is 0.801. The van der Waals surface area contributed by atoms with Gasteiger partial charge in [-0.1, -0.05) is 38.1 Å². The van der Waals surface area contributed by atoms with Gasteiger partial charge in [-0.25, -0.2) is 0 Å². The van der Waals surface area contributed by atoms with Crippen LogP contribution < -0.4 is 5.73 Å². The van der Waals surface area contributed by atoms with Crippen molar-refractivity contribution >= 4 is 0 Å². The molecule has 0 amide bonds. The van der Waals surface area contributed by atoms with Gasteiger partial charge >= 0.3 is 0 Å². The molecule has 0 aliphatic heterocycles. The van der Waals surface area contributed by atoms with Crippen LogP contribution in [0.25, 0.3) is 0 Å². The van der Waals surface area contributed by atoms with E-state index in [4.69, 9.17) is 10.5 Å². The second kappa shape index (κ2) is 6.66. The molecule has 1 atom stereocenters. The molecule has 0 aromatic heterocycles. The fourth-order valence-corrected chi connectivity index (χ4v) is 1.74. The third-order valence-corrected chi connectivity index (χ3v) is 2.60. The van der Waals surface area contributed by atoms with Gasteiger partial charge in [0.25, 0.3) is 0 Å². The first kappa shape index (κ1) is 13.2. The summed E-state index contributed by atoms with van der Waals surface area (Å²) < 4.78 is 5.78. The number of ether oxygens (including phenoxy) is 1. The highest BCUT2D eigenvalue weighted by molar-refractivity contribution is 5.21. The van der Waals surface area contributed by atoms with Gasteiger partial charge in [-0.2, -0.15) is 0 Å². The number of nitrogens with two attached hydrogens (primary N) is 1. The molecular formula is C14H23NO. The van der Waals surface area contributed by atoms with Crippen molar-refractivity contribution in [1.29, 1.82) is 0 Å². The Kier molecular flexibility index (Phi) is 5.50. The van der Waals surface area contributed by atoms with E-state index in [1.807, 2.05) is 0 Å². The third-order valence-electron chi connectivity index (χ3n) is 2.60. The van der Waals surface area contributed by atoms with Crippen molar-refractivity contribution in [3.63, 3.8) is 0 Å². The molecule has 0 aliphatic rings. The Morgan fingerprint density at radius 3 is 2.12 bits per heavy atom. The molecule has 0 bridgehead atoms. The molecule has 2 nitrogen and oxygen atoms in total. The van der Waals surface area contributed by atoms with Gasteiger partial charge in [-0.05, 0) is 30.4 Å². The monoisotopic (exact) mass is 221 g/mol. The van der Waals surface area contributed by atoms with E-state index < -0.39 is 0 Å². The third kappa shape index (κ3) is 4.77. The van der Waals surface area contributed by atoms with Gasteiger partial charge < -0.3 is 10.5 Å². The lowest BCUT2D eigenvalue weighted by molar-refractivity contribution is 0.0397. The average Bonchev–Trinajstić information content (AvgIpc) is 2.26. The topological polar surface area (TPSA) is 35.2 Å². The molecule has 0 radical (unpaired) electrons. The van der Waals surface area contributed by atoms with Crippen molar-refractivity contribution < 1.29 is 4.74 Å². The van der Waals surface area contributed by atoms with Crippen LogP contribution in [-0.2, 0) is 17.9 Å². The minimum absolute atomic E-state index is 0.328. The lowest BCUT2D eigenvalue weighted by Crippen LogP contribution is -2.11. The van der Waals surface area contributed by atoms with Gasteiger partial charge in [0.05, 0.1) is 12.7 Å². The lowest BCUT2D eigenvalue weighted by atomic mass is 10.1. The van der Waals surface area contributed by atoms with Crippen molar-refractivity contribution in [1.82, 2.24) is 0 Å². The normalized spacial score (nSPS) is 13.1. The molecule has 1 rings (SSSR count). The minimum Gasteiger partial charge on any atom is -0.374 e. The Bertz CT molecular complexity index is 292. The Balaban J connectivity index is 2.36. The second-order valence-electron chi connectivity index (χ2n) is 4.77. The maximum absolute atomic E-state index is 5.78. The number of rotatable bonds is 6. The van der Waals surface area contributed by atoms with Gasteiger partial charge in [0.15, 0.2) is 0 Å². The summed E-state index contributed by atoms with van der Waals surface area (Å²) in [5.74, 6) is 0.689. The van der Waals surface area contributed by atoms with Crippen LogP contribution in [0.2, 0.25) is 0 Å². The summed E-state index contributed by atoms with van der Waals surface area (Å²) in [4.78, 5) is 0. The molecule has 16 heavy (non-hydrogen) atoms. The molecular weight excluding hydrogens is 198 g/mol. The standard InChI is InChI=1S/C14H23NO/c1-11(2)8-12(3)16-10-14-6-4-13(9-15)5-7-14/h4-7,11-12H,8-10,15H2,1-3H3. The molecule has 90 valence electrons. The predicted octanol–water partition coefficient (Wildman–Crippen LogP) is 3.10. The van der Waals surface area contributed by atoms with Gasteiger partial charge in [0, 0.05) is 6.54 Å². The Hall–Kier alpha value is -0.860. The van der Waals surface area contributed by atoms with Gasteiger partial charge in [0.2, 0.25) is 0 Å². The highest BCUT2D eigenvalue weighted by Gasteiger charge is 2.05. The molecule has 1 aromatic carbocycles. The van der Waals surface area contributed by atoms with Crippen LogP contribution in [0, 0.1) is 5.92 Å². The number of hydrogen-bond acceptors (Lipinski definition) is 2. The summed E-state index contributed by atoms with van der Waals surface area (Å²) in [5.41, 5.74) is 7.93. The van der Waals surface area contributed by atoms with Crippen LogP contribution >= 0.6 is 0 Å². The lowest BCUT2D eigenvalue weighted by Gasteiger charge is -2.15. The fourth-order valence-electron chi connectivity index (χ4n) is 1.74. The van der Waals surface area contributed by atoms with Gasteiger partial charge in [-0.3, -0.25) is 0 Å². The van der Waals surface area contributed by atoms with E-state index >= 15 is 0 Å². The van der Waals surface area contributed by atoms with E-state index in [9.17, 15) is 0 Å². The molecule has 0 saturated heterocycles. The van der Waals surface area contributed by atoms with Crippen molar-refractivity contribution in [3.8, 4) is 0 Å². The van der Waals surface area contributed by atoms with E-state index in [1.54, 1.807) is 0 Å². The first-order valence-corrected chi connectivity index (χ1v) is 6.01. The average molecular weight is 221 g/mol. The van der Waals surface area contributed by atoms with Crippen molar-refractivity contribution in [2.24, 2.45) is 11.7 Å². The molecule has 1 aromatic rings. The smallest absolute Gasteiger partial charge is 0.0720 e. The van der Waals surface area contributed by atoms with Crippen LogP contribution in [0.1, 0.15) is 38.3 Å². The summed E-state index contributed by atoms with van der Waals surface area (Å²) in [6, 6.07) is 8.30. The largest absolute Gasteiger partial charge is 0.374 e. The predicted molar refractivity (Wildman–Crippen MR) is 68.0 cm³/mol. The van der Waals surface area contributed by atoms with E-state index in [-0.39, 0.29) is 0 Å². The summed E-state index contributed by atoms with van der Waals surface area (Å²) in [6.45, 7) is 7.86. The van der Waals surface area contributed by atoms with Crippen LogP contribution in [0.5, 0.6) is 0 Å². The van der Waals surface area contributed by atoms with E-state index in [2.05, 4.69) is 45.0 Å².